The monoisotopic (exact) mass is 422 g/mol. The summed E-state index contributed by atoms with van der Waals surface area (Å²) in [5, 5.41) is 2.71. The van der Waals surface area contributed by atoms with Gasteiger partial charge in [0.1, 0.15) is 26.2 Å². The van der Waals surface area contributed by atoms with Crippen LogP contribution in [0.3, 0.4) is 0 Å². The van der Waals surface area contributed by atoms with Gasteiger partial charge in [-0.25, -0.2) is 0 Å². The Balaban J connectivity index is 1.74. The van der Waals surface area contributed by atoms with E-state index in [1.165, 1.54) is 26.7 Å². The number of thiophene rings is 1. The van der Waals surface area contributed by atoms with Gasteiger partial charge < -0.3 is 19.3 Å². The summed E-state index contributed by atoms with van der Waals surface area (Å²) in [6, 6.07) is 11.9. The van der Waals surface area contributed by atoms with Crippen molar-refractivity contribution in [2.45, 2.75) is 12.1 Å². The second-order valence-corrected chi connectivity index (χ2v) is 8.77. The number of rotatable bonds is 6. The van der Waals surface area contributed by atoms with Gasteiger partial charge in [0.05, 0.1) is 31.3 Å². The smallest absolute Gasteiger partial charge is 0.236 e. The molecule has 0 bridgehead atoms. The summed E-state index contributed by atoms with van der Waals surface area (Å²) in [5.41, 5.74) is 1.18. The van der Waals surface area contributed by atoms with Gasteiger partial charge in [-0.3, -0.25) is 4.79 Å². The third-order valence-electron chi connectivity index (χ3n) is 5.76. The first-order valence-corrected chi connectivity index (χ1v) is 11.2. The minimum Gasteiger partial charge on any atom is -0.370 e. The molecular weight excluding hydrogens is 396 g/mol. The number of carbonyl (C=O) groups excluding carboxylic acids is 1. The van der Waals surface area contributed by atoms with Crippen molar-refractivity contribution in [2.75, 3.05) is 52.6 Å². The quantitative estimate of drug-likeness (QED) is 0.667. The molecule has 0 aliphatic carbocycles. The molecule has 1 aromatic carbocycles. The molecule has 2 aromatic rings. The topological polar surface area (TPSA) is 44.4 Å². The Bertz CT molecular complexity index is 756. The SMILES string of the molecule is O=C(c1cccs1)[C@H]([C@@H](c1ccc(Cl)cc1)[NH+]1CCOCC1)[NH+]1CCOCC1. The Hall–Kier alpha value is -1.28. The number of nitrogens with one attached hydrogen (secondary N) is 2. The van der Waals surface area contributed by atoms with Gasteiger partial charge in [0.15, 0.2) is 6.04 Å². The number of ketones is 1. The molecule has 2 atom stereocenters. The van der Waals surface area contributed by atoms with Gasteiger partial charge in [-0.1, -0.05) is 29.8 Å². The van der Waals surface area contributed by atoms with E-state index < -0.39 is 0 Å². The maximum atomic E-state index is 13.7. The van der Waals surface area contributed by atoms with Crippen molar-refractivity contribution in [1.29, 1.82) is 0 Å². The zero-order valence-corrected chi connectivity index (χ0v) is 17.4. The Kier molecular flexibility index (Phi) is 6.77. The molecule has 5 nitrogen and oxygen atoms in total. The Morgan fingerprint density at radius 2 is 1.54 bits per heavy atom. The fourth-order valence-electron chi connectivity index (χ4n) is 4.37. The van der Waals surface area contributed by atoms with Crippen LogP contribution in [0.25, 0.3) is 0 Å². The third-order valence-corrected chi connectivity index (χ3v) is 6.90. The molecule has 7 heteroatoms. The molecule has 2 aliphatic rings. The van der Waals surface area contributed by atoms with Gasteiger partial charge >= 0.3 is 0 Å². The largest absolute Gasteiger partial charge is 0.370 e. The normalized spacial score (nSPS) is 21.3. The predicted octanol–water partition coefficient (Wildman–Crippen LogP) is 0.524. The highest BCUT2D eigenvalue weighted by atomic mass is 35.5. The summed E-state index contributed by atoms with van der Waals surface area (Å²) in [6.45, 7) is 6.40. The molecule has 1 aromatic heterocycles. The van der Waals surface area contributed by atoms with Crippen LogP contribution in [-0.2, 0) is 9.47 Å². The first kappa shape index (κ1) is 20.0. The molecule has 2 aliphatic heterocycles. The van der Waals surface area contributed by atoms with Crippen LogP contribution in [0.1, 0.15) is 21.3 Å². The maximum absolute atomic E-state index is 13.7. The molecule has 4 rings (SSSR count). The molecule has 0 unspecified atom stereocenters. The van der Waals surface area contributed by atoms with E-state index in [1.807, 2.05) is 29.6 Å². The second kappa shape index (κ2) is 9.48. The fourth-order valence-corrected chi connectivity index (χ4v) is 5.20. The molecule has 0 amide bonds. The third kappa shape index (κ3) is 4.48. The number of hydrogen-bond acceptors (Lipinski definition) is 4. The standard InChI is InChI=1S/C21H25ClN2O3S/c22-17-5-3-16(4-6-17)19(23-7-11-26-12-8-23)20(24-9-13-27-14-10-24)21(25)18-2-1-15-28-18/h1-6,15,19-20H,7-14H2/p+2/t19-,20+/m1/s1. The van der Waals surface area contributed by atoms with Crippen molar-refractivity contribution in [3.05, 3.63) is 57.2 Å². The molecule has 2 N–H and O–H groups in total. The van der Waals surface area contributed by atoms with Gasteiger partial charge in [-0.05, 0) is 23.6 Å². The van der Waals surface area contributed by atoms with E-state index in [0.29, 0.717) is 13.2 Å². The van der Waals surface area contributed by atoms with Gasteiger partial charge in [0, 0.05) is 10.6 Å². The molecule has 2 fully saturated rings. The number of ether oxygens (including phenoxy) is 2. The molecule has 28 heavy (non-hydrogen) atoms. The summed E-state index contributed by atoms with van der Waals surface area (Å²) in [4.78, 5) is 17.3. The van der Waals surface area contributed by atoms with Crippen LogP contribution < -0.4 is 9.80 Å². The molecule has 0 radical (unpaired) electrons. The number of Topliss-reactive ketones (excluding diaryl/α,β-unsaturated/α-hetero) is 1. The van der Waals surface area contributed by atoms with Gasteiger partial charge in [0.2, 0.25) is 11.8 Å². The second-order valence-electron chi connectivity index (χ2n) is 7.39. The molecular formula is C21H27ClN2O3S+2. The van der Waals surface area contributed by atoms with Crippen molar-refractivity contribution in [3.63, 3.8) is 0 Å². The van der Waals surface area contributed by atoms with Gasteiger partial charge in [0.25, 0.3) is 0 Å². The predicted molar refractivity (Wildman–Crippen MR) is 110 cm³/mol. The van der Waals surface area contributed by atoms with E-state index in [2.05, 4.69) is 12.1 Å². The summed E-state index contributed by atoms with van der Waals surface area (Å²) >= 11 is 7.70. The van der Waals surface area contributed by atoms with Crippen LogP contribution in [0, 0.1) is 0 Å². The Labute approximate surface area is 174 Å². The number of halogens is 1. The maximum Gasteiger partial charge on any atom is 0.236 e. The summed E-state index contributed by atoms with van der Waals surface area (Å²) in [7, 11) is 0. The molecule has 0 spiro atoms. The summed E-state index contributed by atoms with van der Waals surface area (Å²) < 4.78 is 11.2. The van der Waals surface area contributed by atoms with Crippen molar-refractivity contribution >= 4 is 28.7 Å². The van der Waals surface area contributed by atoms with E-state index in [-0.39, 0.29) is 17.9 Å². The van der Waals surface area contributed by atoms with Crippen molar-refractivity contribution < 1.29 is 24.1 Å². The lowest BCUT2D eigenvalue weighted by Crippen LogP contribution is -3.25. The number of morpholine rings is 2. The van der Waals surface area contributed by atoms with Crippen molar-refractivity contribution in [1.82, 2.24) is 0 Å². The van der Waals surface area contributed by atoms with Crippen LogP contribution in [-0.4, -0.2) is 64.4 Å². The van der Waals surface area contributed by atoms with E-state index in [4.69, 9.17) is 21.1 Å². The van der Waals surface area contributed by atoms with Gasteiger partial charge in [-0.15, -0.1) is 11.3 Å². The van der Waals surface area contributed by atoms with Crippen LogP contribution in [0.5, 0.6) is 0 Å². The van der Waals surface area contributed by atoms with Crippen molar-refractivity contribution in [2.24, 2.45) is 0 Å². The zero-order valence-electron chi connectivity index (χ0n) is 15.9. The zero-order chi connectivity index (χ0) is 19.3. The van der Waals surface area contributed by atoms with Crippen LogP contribution in [0.4, 0.5) is 0 Å². The van der Waals surface area contributed by atoms with Crippen molar-refractivity contribution in [3.8, 4) is 0 Å². The van der Waals surface area contributed by atoms with E-state index in [0.717, 1.165) is 49.3 Å². The van der Waals surface area contributed by atoms with E-state index in [9.17, 15) is 4.79 Å². The molecule has 0 saturated carbocycles. The highest BCUT2D eigenvalue weighted by Crippen LogP contribution is 2.21. The van der Waals surface area contributed by atoms with E-state index in [1.54, 1.807) is 0 Å². The minimum atomic E-state index is -0.142. The minimum absolute atomic E-state index is 0.0730. The lowest BCUT2D eigenvalue weighted by Gasteiger charge is -2.39. The van der Waals surface area contributed by atoms with Gasteiger partial charge in [-0.2, -0.15) is 0 Å². The number of benzene rings is 1. The van der Waals surface area contributed by atoms with Crippen LogP contribution >= 0.6 is 22.9 Å². The van der Waals surface area contributed by atoms with Crippen LogP contribution in [0.15, 0.2) is 41.8 Å². The number of carbonyl (C=O) groups is 1. The summed E-state index contributed by atoms with van der Waals surface area (Å²) in [5.74, 6) is 0.242. The highest BCUT2D eigenvalue weighted by Gasteiger charge is 2.46. The first-order chi connectivity index (χ1) is 13.7. The molecule has 150 valence electrons. The Morgan fingerprint density at radius 3 is 2.11 bits per heavy atom. The number of quaternary nitrogens is 2. The fraction of sp³-hybridized carbons (Fsp3) is 0.476. The Morgan fingerprint density at radius 1 is 0.929 bits per heavy atom. The van der Waals surface area contributed by atoms with Crippen LogP contribution in [0.2, 0.25) is 5.02 Å². The number of hydrogen-bond donors (Lipinski definition) is 2. The molecule has 2 saturated heterocycles. The lowest BCUT2D eigenvalue weighted by molar-refractivity contribution is -0.999. The summed E-state index contributed by atoms with van der Waals surface area (Å²) in [6.07, 6.45) is 0. The molecule has 3 heterocycles. The highest BCUT2D eigenvalue weighted by molar-refractivity contribution is 7.12. The average Bonchev–Trinajstić information content (AvgIpc) is 3.29. The van der Waals surface area contributed by atoms with E-state index >= 15 is 0 Å². The lowest BCUT2D eigenvalue weighted by atomic mass is 9.91. The average molecular weight is 423 g/mol. The first-order valence-electron chi connectivity index (χ1n) is 9.92.